The number of rotatable bonds is 5. The Kier molecular flexibility index (Phi) is 6.22. The van der Waals surface area contributed by atoms with Gasteiger partial charge in [-0.05, 0) is 63.5 Å². The fourth-order valence-electron chi connectivity index (χ4n) is 4.08. The molecule has 1 fully saturated rings. The Bertz CT molecular complexity index is 808. The van der Waals surface area contributed by atoms with Crippen molar-refractivity contribution in [3.05, 3.63) is 63.1 Å². The first kappa shape index (κ1) is 19.9. The molecule has 5 heteroatoms. The zero-order valence-electron chi connectivity index (χ0n) is 16.0. The Morgan fingerprint density at radius 1 is 1.15 bits per heavy atom. The summed E-state index contributed by atoms with van der Waals surface area (Å²) in [6.45, 7) is 5.74. The predicted octanol–water partition coefficient (Wildman–Crippen LogP) is 4.96. The van der Waals surface area contributed by atoms with E-state index in [1.807, 2.05) is 12.1 Å². The second kappa shape index (κ2) is 8.44. The molecule has 0 aliphatic carbocycles. The molecule has 1 aliphatic heterocycles. The second-order valence-corrected chi connectivity index (χ2v) is 8.27. The van der Waals surface area contributed by atoms with E-state index in [0.717, 1.165) is 28.9 Å². The quantitative estimate of drug-likeness (QED) is 0.726. The number of carboxylic acids is 1. The van der Waals surface area contributed by atoms with Gasteiger partial charge in [-0.2, -0.15) is 0 Å². The number of piperidine rings is 1. The van der Waals surface area contributed by atoms with Gasteiger partial charge in [0.2, 0.25) is 0 Å². The van der Waals surface area contributed by atoms with Gasteiger partial charge in [0.1, 0.15) is 5.75 Å². The number of nitrogens with zero attached hydrogens (tertiary/aromatic N) is 1. The number of aliphatic carboxylic acids is 1. The lowest BCUT2D eigenvalue weighted by molar-refractivity contribution is -0.143. The van der Waals surface area contributed by atoms with Gasteiger partial charge in [-0.25, -0.2) is 0 Å². The standard InChI is InChI=1S/C22H26BrNO3/c1-14-10-15(2)12-17(11-14)21(19-13-18(23)4-5-20(19)27-3)24-8-6-16(7-9-24)22(25)26/h4-5,10-13,16,21H,6-9H2,1-3H3,(H,25,26). The number of hydrogen-bond acceptors (Lipinski definition) is 3. The van der Waals surface area contributed by atoms with Crippen molar-refractivity contribution in [2.45, 2.75) is 32.7 Å². The molecule has 0 saturated carbocycles. The van der Waals surface area contributed by atoms with Crippen molar-refractivity contribution in [2.24, 2.45) is 5.92 Å². The lowest BCUT2D eigenvalue weighted by atomic mass is 9.90. The number of halogens is 1. The summed E-state index contributed by atoms with van der Waals surface area (Å²) in [6, 6.07) is 12.7. The van der Waals surface area contributed by atoms with Gasteiger partial charge in [0.05, 0.1) is 19.1 Å². The minimum absolute atomic E-state index is 0.0331. The Labute approximate surface area is 169 Å². The highest BCUT2D eigenvalue weighted by Gasteiger charge is 2.31. The van der Waals surface area contributed by atoms with E-state index in [1.165, 1.54) is 16.7 Å². The van der Waals surface area contributed by atoms with E-state index >= 15 is 0 Å². The van der Waals surface area contributed by atoms with Gasteiger partial charge < -0.3 is 9.84 Å². The van der Waals surface area contributed by atoms with Crippen LogP contribution in [0, 0.1) is 19.8 Å². The molecule has 1 aliphatic rings. The van der Waals surface area contributed by atoms with E-state index in [1.54, 1.807) is 7.11 Å². The average Bonchev–Trinajstić information content (AvgIpc) is 2.62. The van der Waals surface area contributed by atoms with Gasteiger partial charge in [0.15, 0.2) is 0 Å². The largest absolute Gasteiger partial charge is 0.496 e. The van der Waals surface area contributed by atoms with Crippen molar-refractivity contribution in [3.63, 3.8) is 0 Å². The molecule has 2 aromatic carbocycles. The number of aryl methyl sites for hydroxylation is 2. The monoisotopic (exact) mass is 431 g/mol. The molecule has 1 atom stereocenters. The van der Waals surface area contributed by atoms with Crippen molar-refractivity contribution >= 4 is 21.9 Å². The molecule has 0 radical (unpaired) electrons. The van der Waals surface area contributed by atoms with Gasteiger partial charge in [-0.1, -0.05) is 45.3 Å². The lowest BCUT2D eigenvalue weighted by Crippen LogP contribution is -2.39. The summed E-state index contributed by atoms with van der Waals surface area (Å²) in [7, 11) is 1.70. The predicted molar refractivity (Wildman–Crippen MR) is 110 cm³/mol. The van der Waals surface area contributed by atoms with Crippen LogP contribution in [0.4, 0.5) is 0 Å². The molecule has 1 unspecified atom stereocenters. The number of carboxylic acid groups (broad SMARTS) is 1. The van der Waals surface area contributed by atoms with E-state index in [4.69, 9.17) is 4.74 Å². The summed E-state index contributed by atoms with van der Waals surface area (Å²) in [6.07, 6.45) is 1.35. The summed E-state index contributed by atoms with van der Waals surface area (Å²) in [5.41, 5.74) is 4.78. The molecular formula is C22H26BrNO3. The van der Waals surface area contributed by atoms with Crippen LogP contribution in [0.25, 0.3) is 0 Å². The van der Waals surface area contributed by atoms with Crippen LogP contribution in [-0.4, -0.2) is 36.2 Å². The third-order valence-electron chi connectivity index (χ3n) is 5.29. The minimum Gasteiger partial charge on any atom is -0.496 e. The Morgan fingerprint density at radius 3 is 2.33 bits per heavy atom. The third kappa shape index (κ3) is 4.53. The molecule has 0 amide bonds. The summed E-state index contributed by atoms with van der Waals surface area (Å²) in [5, 5.41) is 9.34. The highest BCUT2D eigenvalue weighted by molar-refractivity contribution is 9.10. The lowest BCUT2D eigenvalue weighted by Gasteiger charge is -2.38. The molecule has 0 spiro atoms. The number of methoxy groups -OCH3 is 1. The molecule has 0 aromatic heterocycles. The summed E-state index contributed by atoms with van der Waals surface area (Å²) in [5.74, 6) is -0.0779. The third-order valence-corrected chi connectivity index (χ3v) is 5.78. The van der Waals surface area contributed by atoms with E-state index in [9.17, 15) is 9.90 Å². The van der Waals surface area contributed by atoms with Crippen LogP contribution in [-0.2, 0) is 4.79 Å². The molecule has 1 heterocycles. The molecular weight excluding hydrogens is 406 g/mol. The fourth-order valence-corrected chi connectivity index (χ4v) is 4.46. The van der Waals surface area contributed by atoms with E-state index in [-0.39, 0.29) is 12.0 Å². The summed E-state index contributed by atoms with van der Waals surface area (Å²) in [4.78, 5) is 13.7. The minimum atomic E-state index is -0.683. The van der Waals surface area contributed by atoms with E-state index < -0.39 is 5.97 Å². The first-order chi connectivity index (χ1) is 12.9. The Balaban J connectivity index is 2.05. The van der Waals surface area contributed by atoms with Crippen molar-refractivity contribution in [3.8, 4) is 5.75 Å². The first-order valence-electron chi connectivity index (χ1n) is 9.27. The summed E-state index contributed by atoms with van der Waals surface area (Å²) < 4.78 is 6.68. The first-order valence-corrected chi connectivity index (χ1v) is 10.1. The van der Waals surface area contributed by atoms with Crippen LogP contribution in [0.15, 0.2) is 40.9 Å². The van der Waals surface area contributed by atoms with Crippen LogP contribution < -0.4 is 4.74 Å². The van der Waals surface area contributed by atoms with Crippen LogP contribution in [0.2, 0.25) is 0 Å². The van der Waals surface area contributed by atoms with E-state index in [0.29, 0.717) is 12.8 Å². The number of carbonyl (C=O) groups is 1. The second-order valence-electron chi connectivity index (χ2n) is 7.36. The zero-order chi connectivity index (χ0) is 19.6. The summed E-state index contributed by atoms with van der Waals surface area (Å²) >= 11 is 3.60. The molecule has 1 N–H and O–H groups in total. The van der Waals surface area contributed by atoms with Crippen LogP contribution in [0.3, 0.4) is 0 Å². The van der Waals surface area contributed by atoms with Crippen molar-refractivity contribution in [2.75, 3.05) is 20.2 Å². The SMILES string of the molecule is COc1ccc(Br)cc1C(c1cc(C)cc(C)c1)N1CCC(C(=O)O)CC1. The highest BCUT2D eigenvalue weighted by Crippen LogP contribution is 2.39. The molecule has 27 heavy (non-hydrogen) atoms. The number of benzene rings is 2. The molecule has 2 aromatic rings. The van der Waals surface area contributed by atoms with Gasteiger partial charge in [0.25, 0.3) is 0 Å². The normalized spacial score (nSPS) is 16.9. The van der Waals surface area contributed by atoms with Crippen LogP contribution in [0.1, 0.15) is 41.1 Å². The topological polar surface area (TPSA) is 49.8 Å². The highest BCUT2D eigenvalue weighted by atomic mass is 79.9. The smallest absolute Gasteiger partial charge is 0.306 e. The van der Waals surface area contributed by atoms with Gasteiger partial charge in [-0.3, -0.25) is 9.69 Å². The molecule has 0 bridgehead atoms. The van der Waals surface area contributed by atoms with Gasteiger partial charge in [-0.15, -0.1) is 0 Å². The molecule has 3 rings (SSSR count). The molecule has 1 saturated heterocycles. The van der Waals surface area contributed by atoms with Crippen LogP contribution in [0.5, 0.6) is 5.75 Å². The van der Waals surface area contributed by atoms with Crippen molar-refractivity contribution in [1.82, 2.24) is 4.90 Å². The van der Waals surface area contributed by atoms with E-state index in [2.05, 4.69) is 58.9 Å². The number of likely N-dealkylation sites (tertiary alicyclic amines) is 1. The molecule has 144 valence electrons. The number of hydrogen-bond donors (Lipinski definition) is 1. The Morgan fingerprint density at radius 2 is 1.78 bits per heavy atom. The van der Waals surface area contributed by atoms with Gasteiger partial charge in [0, 0.05) is 10.0 Å². The Hall–Kier alpha value is -1.85. The molecule has 4 nitrogen and oxygen atoms in total. The van der Waals surface area contributed by atoms with Gasteiger partial charge >= 0.3 is 5.97 Å². The van der Waals surface area contributed by atoms with Crippen molar-refractivity contribution < 1.29 is 14.6 Å². The maximum Gasteiger partial charge on any atom is 0.306 e. The van der Waals surface area contributed by atoms with Crippen molar-refractivity contribution in [1.29, 1.82) is 0 Å². The maximum atomic E-state index is 11.4. The van der Waals surface area contributed by atoms with Crippen LogP contribution >= 0.6 is 15.9 Å². The maximum absolute atomic E-state index is 11.4. The fraction of sp³-hybridized carbons (Fsp3) is 0.409. The number of ether oxygens (including phenoxy) is 1. The zero-order valence-corrected chi connectivity index (χ0v) is 17.6. The average molecular weight is 432 g/mol.